The van der Waals surface area contributed by atoms with Gasteiger partial charge in [0.1, 0.15) is 5.82 Å². The van der Waals surface area contributed by atoms with Gasteiger partial charge in [-0.05, 0) is 26.2 Å². The molecule has 0 fully saturated rings. The van der Waals surface area contributed by atoms with Crippen molar-refractivity contribution >= 4 is 28.5 Å². The zero-order valence-electron chi connectivity index (χ0n) is 13.6. The summed E-state index contributed by atoms with van der Waals surface area (Å²) in [5.41, 5.74) is 1.78. The van der Waals surface area contributed by atoms with Crippen LogP contribution in [0, 0.1) is 0 Å². The number of hydrogen-bond donors (Lipinski definition) is 2. The van der Waals surface area contributed by atoms with Crippen LogP contribution in [0.3, 0.4) is 0 Å². The van der Waals surface area contributed by atoms with E-state index in [9.17, 15) is 0 Å². The molecule has 0 radical (unpaired) electrons. The molecule has 0 spiro atoms. The maximum Gasteiger partial charge on any atom is 0.226 e. The second kappa shape index (κ2) is 6.62. The van der Waals surface area contributed by atoms with E-state index in [0.717, 1.165) is 35.6 Å². The predicted molar refractivity (Wildman–Crippen MR) is 93.1 cm³/mol. The van der Waals surface area contributed by atoms with Crippen molar-refractivity contribution in [1.29, 1.82) is 0 Å². The molecule has 2 aromatic heterocycles. The Morgan fingerprint density at radius 2 is 1.91 bits per heavy atom. The molecule has 0 atom stereocenters. The van der Waals surface area contributed by atoms with Gasteiger partial charge in [-0.2, -0.15) is 15.1 Å². The van der Waals surface area contributed by atoms with E-state index in [0.29, 0.717) is 5.95 Å². The molecule has 2 N–H and O–H groups in total. The number of benzene rings is 1. The number of nitrogens with one attached hydrogen (secondary N) is 2. The quantitative estimate of drug-likeness (QED) is 0.726. The summed E-state index contributed by atoms with van der Waals surface area (Å²) >= 11 is 0. The highest BCUT2D eigenvalue weighted by Gasteiger charge is 2.11. The van der Waals surface area contributed by atoms with E-state index in [2.05, 4.69) is 30.6 Å². The van der Waals surface area contributed by atoms with Crippen LogP contribution in [0.25, 0.3) is 11.0 Å². The van der Waals surface area contributed by atoms with Gasteiger partial charge in [-0.3, -0.25) is 4.68 Å². The number of likely N-dealkylation sites (N-methyl/N-ethyl adjacent to an activating group) is 1. The van der Waals surface area contributed by atoms with Crippen LogP contribution in [0.5, 0.6) is 0 Å². The lowest BCUT2D eigenvalue weighted by atomic mass is 10.3. The summed E-state index contributed by atoms with van der Waals surface area (Å²) in [4.78, 5) is 11.3. The predicted octanol–water partition coefficient (Wildman–Crippen LogP) is 2.08. The Morgan fingerprint density at radius 1 is 1.13 bits per heavy atom. The average Bonchev–Trinajstić information content (AvgIpc) is 2.90. The molecule has 3 rings (SSSR count). The summed E-state index contributed by atoms with van der Waals surface area (Å²) in [6.45, 7) is 1.69. The first-order valence-electron chi connectivity index (χ1n) is 7.54. The summed E-state index contributed by atoms with van der Waals surface area (Å²) in [7, 11) is 5.95. The second-order valence-corrected chi connectivity index (χ2v) is 5.62. The van der Waals surface area contributed by atoms with Gasteiger partial charge in [0.05, 0.1) is 11.6 Å². The van der Waals surface area contributed by atoms with Crippen LogP contribution < -0.4 is 10.6 Å². The van der Waals surface area contributed by atoms with E-state index in [1.54, 1.807) is 10.9 Å². The van der Waals surface area contributed by atoms with Crippen LogP contribution in [0.4, 0.5) is 17.5 Å². The van der Waals surface area contributed by atoms with Crippen molar-refractivity contribution in [2.75, 3.05) is 37.8 Å². The standard InChI is InChI=1S/C16H21N7/c1-22(2)10-9-17-16-20-14(19-12-7-5-4-6-8-12)13-11-18-23(3)15(13)21-16/h4-8,11H,9-10H2,1-3H3,(H2,17,19,20,21). The van der Waals surface area contributed by atoms with E-state index >= 15 is 0 Å². The van der Waals surface area contributed by atoms with Crippen LogP contribution in [0.15, 0.2) is 36.5 Å². The third-order valence-electron chi connectivity index (χ3n) is 3.47. The molecule has 0 aliphatic heterocycles. The molecule has 0 amide bonds. The van der Waals surface area contributed by atoms with Gasteiger partial charge < -0.3 is 15.5 Å². The van der Waals surface area contributed by atoms with Crippen LogP contribution in [0.2, 0.25) is 0 Å². The Kier molecular flexibility index (Phi) is 4.38. The largest absolute Gasteiger partial charge is 0.353 e. The highest BCUT2D eigenvalue weighted by Crippen LogP contribution is 2.24. The number of rotatable bonds is 6. The number of fused-ring (bicyclic) bond motifs is 1. The van der Waals surface area contributed by atoms with Crippen molar-refractivity contribution in [1.82, 2.24) is 24.6 Å². The van der Waals surface area contributed by atoms with Crippen LogP contribution in [-0.4, -0.2) is 51.8 Å². The molecule has 3 aromatic rings. The molecule has 23 heavy (non-hydrogen) atoms. The molecule has 7 heteroatoms. The molecule has 0 unspecified atom stereocenters. The summed E-state index contributed by atoms with van der Waals surface area (Å²) in [6, 6.07) is 9.96. The minimum atomic E-state index is 0.599. The fraction of sp³-hybridized carbons (Fsp3) is 0.312. The molecular weight excluding hydrogens is 290 g/mol. The lowest BCUT2D eigenvalue weighted by molar-refractivity contribution is 0.425. The van der Waals surface area contributed by atoms with Crippen molar-refractivity contribution in [3.8, 4) is 0 Å². The molecule has 120 valence electrons. The molecule has 0 saturated carbocycles. The minimum absolute atomic E-state index is 0.599. The topological polar surface area (TPSA) is 70.9 Å². The Balaban J connectivity index is 1.91. The van der Waals surface area contributed by atoms with Crippen molar-refractivity contribution in [3.05, 3.63) is 36.5 Å². The molecule has 7 nitrogen and oxygen atoms in total. The van der Waals surface area contributed by atoms with Crippen molar-refractivity contribution in [2.24, 2.45) is 7.05 Å². The van der Waals surface area contributed by atoms with Crippen LogP contribution >= 0.6 is 0 Å². The third kappa shape index (κ3) is 3.57. The lowest BCUT2D eigenvalue weighted by Crippen LogP contribution is -2.21. The number of anilines is 3. The first-order valence-corrected chi connectivity index (χ1v) is 7.54. The third-order valence-corrected chi connectivity index (χ3v) is 3.47. The van der Waals surface area contributed by atoms with Gasteiger partial charge in [-0.15, -0.1) is 0 Å². The van der Waals surface area contributed by atoms with E-state index in [-0.39, 0.29) is 0 Å². The normalized spacial score (nSPS) is 11.1. The maximum absolute atomic E-state index is 4.60. The van der Waals surface area contributed by atoms with Crippen molar-refractivity contribution < 1.29 is 0 Å². The Hall–Kier alpha value is -2.67. The molecule has 0 aliphatic rings. The summed E-state index contributed by atoms with van der Waals surface area (Å²) in [5, 5.41) is 11.8. The number of para-hydroxylation sites is 1. The zero-order valence-corrected chi connectivity index (χ0v) is 13.6. The minimum Gasteiger partial charge on any atom is -0.353 e. The highest BCUT2D eigenvalue weighted by molar-refractivity contribution is 5.89. The molecule has 1 aromatic carbocycles. The van der Waals surface area contributed by atoms with Gasteiger partial charge in [0.15, 0.2) is 5.65 Å². The van der Waals surface area contributed by atoms with Gasteiger partial charge in [0.25, 0.3) is 0 Å². The average molecular weight is 311 g/mol. The molecular formula is C16H21N7. The van der Waals surface area contributed by atoms with Crippen molar-refractivity contribution in [2.45, 2.75) is 0 Å². The second-order valence-electron chi connectivity index (χ2n) is 5.62. The lowest BCUT2D eigenvalue weighted by Gasteiger charge is -2.12. The number of hydrogen-bond acceptors (Lipinski definition) is 6. The van der Waals surface area contributed by atoms with Gasteiger partial charge >= 0.3 is 0 Å². The molecule has 0 bridgehead atoms. The Morgan fingerprint density at radius 3 is 2.65 bits per heavy atom. The first kappa shape index (κ1) is 15.2. The van der Waals surface area contributed by atoms with Gasteiger partial charge in [0.2, 0.25) is 5.95 Å². The number of nitrogens with zero attached hydrogens (tertiary/aromatic N) is 5. The van der Waals surface area contributed by atoms with E-state index in [4.69, 9.17) is 0 Å². The summed E-state index contributed by atoms with van der Waals surface area (Å²) < 4.78 is 1.75. The summed E-state index contributed by atoms with van der Waals surface area (Å²) in [5.74, 6) is 1.35. The molecule has 2 heterocycles. The van der Waals surface area contributed by atoms with Crippen molar-refractivity contribution in [3.63, 3.8) is 0 Å². The number of aromatic nitrogens is 4. The van der Waals surface area contributed by atoms with Gasteiger partial charge in [-0.1, -0.05) is 18.2 Å². The Bertz CT molecular complexity index is 780. The molecule has 0 saturated heterocycles. The summed E-state index contributed by atoms with van der Waals surface area (Å²) in [6.07, 6.45) is 1.78. The SMILES string of the molecule is CN(C)CCNc1nc(Nc2ccccc2)c2cnn(C)c2n1. The van der Waals surface area contributed by atoms with E-state index in [1.165, 1.54) is 0 Å². The monoisotopic (exact) mass is 311 g/mol. The smallest absolute Gasteiger partial charge is 0.226 e. The number of aryl methyl sites for hydroxylation is 1. The fourth-order valence-electron chi connectivity index (χ4n) is 2.25. The van der Waals surface area contributed by atoms with E-state index in [1.807, 2.05) is 51.5 Å². The molecule has 0 aliphatic carbocycles. The van der Waals surface area contributed by atoms with Crippen LogP contribution in [0.1, 0.15) is 0 Å². The van der Waals surface area contributed by atoms with Crippen LogP contribution in [-0.2, 0) is 7.05 Å². The highest BCUT2D eigenvalue weighted by atomic mass is 15.3. The van der Waals surface area contributed by atoms with Gasteiger partial charge in [0, 0.05) is 25.8 Å². The fourth-order valence-corrected chi connectivity index (χ4v) is 2.25. The van der Waals surface area contributed by atoms with E-state index < -0.39 is 0 Å². The maximum atomic E-state index is 4.60. The Labute approximate surface area is 135 Å². The first-order chi connectivity index (χ1) is 11.1. The van der Waals surface area contributed by atoms with Gasteiger partial charge in [-0.25, -0.2) is 0 Å². The zero-order chi connectivity index (χ0) is 16.2.